The molecule has 3 aromatic carbocycles. The van der Waals surface area contributed by atoms with Crippen LogP contribution in [-0.2, 0) is 6.54 Å². The normalized spacial score (nSPS) is 11.5. The quantitative estimate of drug-likeness (QED) is 0.269. The molecule has 0 saturated carbocycles. The lowest BCUT2D eigenvalue weighted by Gasteiger charge is -2.07. The SMILES string of the molecule is O=C(N=Nc1c(O)n(Cc2ccccc2)c2ccccc12)c1cc(-c2cccnc2)nc2ccccc12. The Labute approximate surface area is 212 Å². The van der Waals surface area contributed by atoms with Crippen molar-refractivity contribution in [2.45, 2.75) is 6.54 Å². The minimum Gasteiger partial charge on any atom is -0.493 e. The second-order valence-corrected chi connectivity index (χ2v) is 8.58. The minimum absolute atomic E-state index is 0.0442. The van der Waals surface area contributed by atoms with Gasteiger partial charge < -0.3 is 9.67 Å². The number of pyridine rings is 2. The monoisotopic (exact) mass is 483 g/mol. The van der Waals surface area contributed by atoms with Crippen molar-refractivity contribution in [2.75, 3.05) is 0 Å². The van der Waals surface area contributed by atoms with Crippen LogP contribution in [0, 0.1) is 0 Å². The van der Waals surface area contributed by atoms with E-state index in [1.54, 1.807) is 23.0 Å². The Morgan fingerprint density at radius 1 is 0.865 bits per heavy atom. The van der Waals surface area contributed by atoms with Crippen molar-refractivity contribution in [2.24, 2.45) is 10.2 Å². The number of rotatable bonds is 5. The second-order valence-electron chi connectivity index (χ2n) is 8.58. The molecule has 0 saturated heterocycles. The summed E-state index contributed by atoms with van der Waals surface area (Å²) in [6, 6.07) is 30.2. The van der Waals surface area contributed by atoms with Crippen molar-refractivity contribution in [1.29, 1.82) is 0 Å². The molecular weight excluding hydrogens is 462 g/mol. The minimum atomic E-state index is -0.525. The van der Waals surface area contributed by atoms with E-state index in [1.165, 1.54) is 0 Å². The zero-order chi connectivity index (χ0) is 25.2. The van der Waals surface area contributed by atoms with Gasteiger partial charge in [0.15, 0.2) is 5.69 Å². The van der Waals surface area contributed by atoms with E-state index < -0.39 is 5.91 Å². The number of azo groups is 1. The molecule has 3 heterocycles. The van der Waals surface area contributed by atoms with Gasteiger partial charge in [-0.05, 0) is 35.9 Å². The highest BCUT2D eigenvalue weighted by Crippen LogP contribution is 2.39. The number of hydrogen-bond donors (Lipinski definition) is 1. The zero-order valence-corrected chi connectivity index (χ0v) is 19.7. The van der Waals surface area contributed by atoms with Crippen LogP contribution in [0.1, 0.15) is 15.9 Å². The number of para-hydroxylation sites is 2. The summed E-state index contributed by atoms with van der Waals surface area (Å²) in [6.07, 6.45) is 3.39. The molecule has 0 aliphatic heterocycles. The number of nitrogens with zero attached hydrogens (tertiary/aromatic N) is 5. The molecule has 6 rings (SSSR count). The summed E-state index contributed by atoms with van der Waals surface area (Å²) in [6.45, 7) is 0.458. The second kappa shape index (κ2) is 9.47. The van der Waals surface area contributed by atoms with Gasteiger partial charge in [0.1, 0.15) is 0 Å². The lowest BCUT2D eigenvalue weighted by Crippen LogP contribution is -1.99. The summed E-state index contributed by atoms with van der Waals surface area (Å²) < 4.78 is 1.77. The third kappa shape index (κ3) is 4.23. The smallest absolute Gasteiger partial charge is 0.296 e. The van der Waals surface area contributed by atoms with E-state index in [-0.39, 0.29) is 11.6 Å². The Hall–Kier alpha value is -5.17. The van der Waals surface area contributed by atoms with Crippen molar-refractivity contribution in [1.82, 2.24) is 14.5 Å². The highest BCUT2D eigenvalue weighted by molar-refractivity contribution is 6.07. The summed E-state index contributed by atoms with van der Waals surface area (Å²) in [5, 5.41) is 20.8. The molecular formula is C30H21N5O2. The van der Waals surface area contributed by atoms with Crippen LogP contribution in [0.3, 0.4) is 0 Å². The fourth-order valence-corrected chi connectivity index (χ4v) is 4.46. The van der Waals surface area contributed by atoms with Crippen LogP contribution in [0.4, 0.5) is 5.69 Å². The average molecular weight is 484 g/mol. The number of amides is 1. The molecule has 7 nitrogen and oxygen atoms in total. The number of fused-ring (bicyclic) bond motifs is 2. The molecule has 0 aliphatic carbocycles. The summed E-state index contributed by atoms with van der Waals surface area (Å²) in [5.41, 5.74) is 4.55. The van der Waals surface area contributed by atoms with E-state index >= 15 is 0 Å². The highest BCUT2D eigenvalue weighted by Gasteiger charge is 2.18. The fraction of sp³-hybridized carbons (Fsp3) is 0.0333. The van der Waals surface area contributed by atoms with Crippen molar-refractivity contribution in [3.05, 3.63) is 121 Å². The molecule has 0 radical (unpaired) electrons. The first-order valence-corrected chi connectivity index (χ1v) is 11.8. The fourth-order valence-electron chi connectivity index (χ4n) is 4.46. The first-order chi connectivity index (χ1) is 18.2. The van der Waals surface area contributed by atoms with E-state index in [0.29, 0.717) is 34.1 Å². The Kier molecular flexibility index (Phi) is 5.71. The van der Waals surface area contributed by atoms with Gasteiger partial charge in [-0.2, -0.15) is 0 Å². The average Bonchev–Trinajstić information content (AvgIpc) is 3.22. The summed E-state index contributed by atoms with van der Waals surface area (Å²) in [7, 11) is 0. The van der Waals surface area contributed by atoms with E-state index in [2.05, 4.69) is 15.2 Å². The van der Waals surface area contributed by atoms with Crippen LogP contribution in [0.15, 0.2) is 120 Å². The van der Waals surface area contributed by atoms with E-state index in [0.717, 1.165) is 16.6 Å². The standard InChI is InChI=1S/C30H21N5O2/c36-29(24-17-26(21-11-8-16-31-18-21)32-25-14-6-4-12-22(24)25)34-33-28-23-13-5-7-15-27(23)35(30(28)37)19-20-9-2-1-3-10-20/h1-18,37H,19H2. The molecule has 0 atom stereocenters. The van der Waals surface area contributed by atoms with E-state index in [1.807, 2.05) is 91.0 Å². The van der Waals surface area contributed by atoms with Gasteiger partial charge in [-0.15, -0.1) is 10.2 Å². The predicted molar refractivity (Wildman–Crippen MR) is 143 cm³/mol. The van der Waals surface area contributed by atoms with Crippen molar-refractivity contribution >= 4 is 33.4 Å². The first kappa shape index (κ1) is 22.3. The zero-order valence-electron chi connectivity index (χ0n) is 19.7. The molecule has 0 unspecified atom stereocenters. The molecule has 0 spiro atoms. The molecule has 7 heteroatoms. The molecule has 1 N–H and O–H groups in total. The third-order valence-electron chi connectivity index (χ3n) is 6.25. The number of aromatic hydroxyl groups is 1. The van der Waals surface area contributed by atoms with Gasteiger partial charge in [0.25, 0.3) is 5.91 Å². The number of benzene rings is 3. The molecule has 0 bridgehead atoms. The van der Waals surface area contributed by atoms with Crippen LogP contribution in [0.5, 0.6) is 5.88 Å². The lowest BCUT2D eigenvalue weighted by atomic mass is 10.0. The van der Waals surface area contributed by atoms with Gasteiger partial charge in [0.05, 0.1) is 28.8 Å². The molecule has 37 heavy (non-hydrogen) atoms. The molecule has 0 fully saturated rings. The Morgan fingerprint density at radius 3 is 2.43 bits per heavy atom. The third-order valence-corrected chi connectivity index (χ3v) is 6.25. The molecule has 6 aromatic rings. The van der Waals surface area contributed by atoms with Gasteiger partial charge in [-0.3, -0.25) is 9.78 Å². The largest absolute Gasteiger partial charge is 0.493 e. The van der Waals surface area contributed by atoms with Crippen molar-refractivity contribution in [3.8, 4) is 17.1 Å². The number of aromatic nitrogens is 3. The number of hydrogen-bond acceptors (Lipinski definition) is 5. The Bertz CT molecular complexity index is 1780. The topological polar surface area (TPSA) is 92.7 Å². The molecule has 3 aromatic heterocycles. The van der Waals surface area contributed by atoms with Gasteiger partial charge in [0.2, 0.25) is 5.88 Å². The van der Waals surface area contributed by atoms with Crippen LogP contribution >= 0.6 is 0 Å². The maximum absolute atomic E-state index is 13.4. The summed E-state index contributed by atoms with van der Waals surface area (Å²) in [5.74, 6) is -0.569. The number of carbonyl (C=O) groups is 1. The van der Waals surface area contributed by atoms with E-state index in [4.69, 9.17) is 4.98 Å². The summed E-state index contributed by atoms with van der Waals surface area (Å²) >= 11 is 0. The van der Waals surface area contributed by atoms with Gasteiger partial charge >= 0.3 is 0 Å². The van der Waals surface area contributed by atoms with E-state index in [9.17, 15) is 9.90 Å². The van der Waals surface area contributed by atoms with Crippen molar-refractivity contribution in [3.63, 3.8) is 0 Å². The Morgan fingerprint density at radius 2 is 1.62 bits per heavy atom. The molecule has 1 amide bonds. The van der Waals surface area contributed by atoms with Crippen molar-refractivity contribution < 1.29 is 9.90 Å². The molecule has 178 valence electrons. The van der Waals surface area contributed by atoms with Crippen LogP contribution < -0.4 is 0 Å². The first-order valence-electron chi connectivity index (χ1n) is 11.8. The van der Waals surface area contributed by atoms with Gasteiger partial charge in [-0.1, -0.05) is 66.7 Å². The van der Waals surface area contributed by atoms with Crippen LogP contribution in [0.25, 0.3) is 33.1 Å². The maximum Gasteiger partial charge on any atom is 0.296 e. The summed E-state index contributed by atoms with van der Waals surface area (Å²) in [4.78, 5) is 22.2. The van der Waals surface area contributed by atoms with Crippen LogP contribution in [-0.4, -0.2) is 25.5 Å². The molecule has 0 aliphatic rings. The Balaban J connectivity index is 1.42. The van der Waals surface area contributed by atoms with Crippen LogP contribution in [0.2, 0.25) is 0 Å². The van der Waals surface area contributed by atoms with Gasteiger partial charge in [0, 0.05) is 28.7 Å². The number of carbonyl (C=O) groups excluding carboxylic acids is 1. The maximum atomic E-state index is 13.4. The van der Waals surface area contributed by atoms with Gasteiger partial charge in [-0.25, -0.2) is 4.98 Å². The highest BCUT2D eigenvalue weighted by atomic mass is 16.3. The lowest BCUT2D eigenvalue weighted by molar-refractivity contribution is 0.0996. The predicted octanol–water partition coefficient (Wildman–Crippen LogP) is 6.93.